The van der Waals surface area contributed by atoms with E-state index in [1.54, 1.807) is 31.2 Å². The van der Waals surface area contributed by atoms with Crippen molar-refractivity contribution in [3.8, 4) is 23.7 Å². The van der Waals surface area contributed by atoms with Gasteiger partial charge in [-0.1, -0.05) is 24.4 Å². The zero-order valence-corrected chi connectivity index (χ0v) is 13.1. The van der Waals surface area contributed by atoms with E-state index in [-0.39, 0.29) is 12.5 Å². The van der Waals surface area contributed by atoms with Gasteiger partial charge < -0.3 is 5.32 Å². The molecule has 0 saturated heterocycles. The molecule has 0 saturated carbocycles. The lowest BCUT2D eigenvalue weighted by Crippen LogP contribution is -2.45. The minimum Gasteiger partial charge on any atom is -0.338 e. The first-order valence-electron chi connectivity index (χ1n) is 6.78. The summed E-state index contributed by atoms with van der Waals surface area (Å²) in [7, 11) is 0. The van der Waals surface area contributed by atoms with E-state index in [9.17, 15) is 4.79 Å². The van der Waals surface area contributed by atoms with Gasteiger partial charge in [0.25, 0.3) is 0 Å². The highest BCUT2D eigenvalue weighted by molar-refractivity contribution is 6.30. The molecule has 1 heterocycles. The van der Waals surface area contributed by atoms with Crippen LogP contribution in [0.15, 0.2) is 24.3 Å². The first-order valence-corrected chi connectivity index (χ1v) is 7.16. The van der Waals surface area contributed by atoms with E-state index in [2.05, 4.69) is 26.6 Å². The highest BCUT2D eigenvalue weighted by Gasteiger charge is 2.21. The fraction of sp³-hybridized carbons (Fsp3) is 0.333. The maximum Gasteiger partial charge on any atom is 0.244 e. The number of amides is 1. The number of carbonyl (C=O) groups excluding carboxylic acids is 1. The number of carbonyl (C=O) groups is 1. The van der Waals surface area contributed by atoms with Gasteiger partial charge in [0.2, 0.25) is 11.7 Å². The standard InChI is InChI=1S/C15H16ClN5O/c1-4-15(3,5-2)17-13(22)10-21-19-14(18-20-21)11-6-8-12(16)9-7-11/h1,6-9H,5,10H2,2-3H3,(H,17,22). The van der Waals surface area contributed by atoms with Gasteiger partial charge in [-0.25, -0.2) is 0 Å². The zero-order chi connectivity index (χ0) is 16.2. The molecule has 2 rings (SSSR count). The van der Waals surface area contributed by atoms with Crippen molar-refractivity contribution in [1.29, 1.82) is 0 Å². The molecule has 1 amide bonds. The highest BCUT2D eigenvalue weighted by atomic mass is 35.5. The number of rotatable bonds is 5. The Labute approximate surface area is 133 Å². The van der Waals surface area contributed by atoms with Gasteiger partial charge in [-0.2, -0.15) is 4.80 Å². The third-order valence-corrected chi connectivity index (χ3v) is 3.53. The molecule has 7 heteroatoms. The molecule has 1 aromatic carbocycles. The van der Waals surface area contributed by atoms with Gasteiger partial charge in [0.1, 0.15) is 6.54 Å². The van der Waals surface area contributed by atoms with Gasteiger partial charge in [-0.15, -0.1) is 16.6 Å². The molecule has 0 aliphatic heterocycles. The smallest absolute Gasteiger partial charge is 0.244 e. The molecule has 6 nitrogen and oxygen atoms in total. The van der Waals surface area contributed by atoms with Crippen LogP contribution < -0.4 is 5.32 Å². The predicted octanol–water partition coefficient (Wildman–Crippen LogP) is 1.91. The number of terminal acetylenes is 1. The third kappa shape index (κ3) is 3.83. The van der Waals surface area contributed by atoms with Crippen molar-refractivity contribution in [1.82, 2.24) is 25.5 Å². The van der Waals surface area contributed by atoms with Crippen LogP contribution in [-0.2, 0) is 11.3 Å². The summed E-state index contributed by atoms with van der Waals surface area (Å²) in [5.74, 6) is 2.74. The van der Waals surface area contributed by atoms with E-state index in [0.717, 1.165) is 5.56 Å². The van der Waals surface area contributed by atoms with E-state index >= 15 is 0 Å². The molecule has 1 unspecified atom stereocenters. The number of nitrogens with one attached hydrogen (secondary N) is 1. The second-order valence-corrected chi connectivity index (χ2v) is 5.46. The van der Waals surface area contributed by atoms with Gasteiger partial charge in [0.05, 0.1) is 5.54 Å². The molecular formula is C15H16ClN5O. The SMILES string of the molecule is C#CC(C)(CC)NC(=O)Cn1nnc(-c2ccc(Cl)cc2)n1. The molecule has 0 bridgehead atoms. The Morgan fingerprint density at radius 2 is 2.14 bits per heavy atom. The normalized spacial score (nSPS) is 13.2. The fourth-order valence-corrected chi connectivity index (χ4v) is 1.85. The van der Waals surface area contributed by atoms with E-state index in [1.807, 2.05) is 6.92 Å². The molecular weight excluding hydrogens is 302 g/mol. The molecule has 0 radical (unpaired) electrons. The van der Waals surface area contributed by atoms with Crippen LogP contribution in [0.4, 0.5) is 0 Å². The predicted molar refractivity (Wildman–Crippen MR) is 83.9 cm³/mol. The maximum atomic E-state index is 12.0. The Morgan fingerprint density at radius 1 is 1.45 bits per heavy atom. The number of hydrogen-bond donors (Lipinski definition) is 1. The fourth-order valence-electron chi connectivity index (χ4n) is 1.73. The number of tetrazole rings is 1. The summed E-state index contributed by atoms with van der Waals surface area (Å²) in [5.41, 5.74) is 0.106. The average molecular weight is 318 g/mol. The van der Waals surface area contributed by atoms with E-state index < -0.39 is 5.54 Å². The largest absolute Gasteiger partial charge is 0.338 e. The van der Waals surface area contributed by atoms with Crippen molar-refractivity contribution in [2.24, 2.45) is 0 Å². The van der Waals surface area contributed by atoms with Crippen LogP contribution in [0.3, 0.4) is 0 Å². The van der Waals surface area contributed by atoms with E-state index in [4.69, 9.17) is 18.0 Å². The molecule has 1 atom stereocenters. The van der Waals surface area contributed by atoms with Crippen molar-refractivity contribution in [3.63, 3.8) is 0 Å². The lowest BCUT2D eigenvalue weighted by atomic mass is 10.0. The molecule has 22 heavy (non-hydrogen) atoms. The molecule has 2 aromatic rings. The monoisotopic (exact) mass is 317 g/mol. The number of nitrogens with zero attached hydrogens (tertiary/aromatic N) is 4. The second kappa shape index (κ2) is 6.58. The highest BCUT2D eigenvalue weighted by Crippen LogP contribution is 2.16. The lowest BCUT2D eigenvalue weighted by Gasteiger charge is -2.22. The first-order chi connectivity index (χ1) is 10.5. The molecule has 1 aromatic heterocycles. The summed E-state index contributed by atoms with van der Waals surface area (Å²) in [6.45, 7) is 3.66. The second-order valence-electron chi connectivity index (χ2n) is 5.03. The summed E-state index contributed by atoms with van der Waals surface area (Å²) >= 11 is 5.83. The third-order valence-electron chi connectivity index (χ3n) is 3.28. The Hall–Kier alpha value is -2.39. The summed E-state index contributed by atoms with van der Waals surface area (Å²) < 4.78 is 0. The summed E-state index contributed by atoms with van der Waals surface area (Å²) in [4.78, 5) is 13.2. The van der Waals surface area contributed by atoms with Crippen LogP contribution in [0.25, 0.3) is 11.4 Å². The molecule has 1 N–H and O–H groups in total. The topological polar surface area (TPSA) is 72.7 Å². The van der Waals surface area contributed by atoms with Crippen molar-refractivity contribution in [2.45, 2.75) is 32.4 Å². The van der Waals surface area contributed by atoms with Crippen LogP contribution in [0.5, 0.6) is 0 Å². The lowest BCUT2D eigenvalue weighted by molar-refractivity contribution is -0.123. The summed E-state index contributed by atoms with van der Waals surface area (Å²) in [6, 6.07) is 7.06. The summed E-state index contributed by atoms with van der Waals surface area (Å²) in [5, 5.41) is 15.4. The molecule has 0 aliphatic carbocycles. The van der Waals surface area contributed by atoms with Crippen LogP contribution in [0.1, 0.15) is 20.3 Å². The number of hydrogen-bond acceptors (Lipinski definition) is 4. The van der Waals surface area contributed by atoms with E-state index in [1.165, 1.54) is 4.80 Å². The molecule has 0 aliphatic rings. The maximum absolute atomic E-state index is 12.0. The zero-order valence-electron chi connectivity index (χ0n) is 12.4. The molecule has 0 spiro atoms. The molecule has 0 fully saturated rings. The Morgan fingerprint density at radius 3 is 2.73 bits per heavy atom. The minimum absolute atomic E-state index is 0.0438. The Bertz CT molecular complexity index is 703. The van der Waals surface area contributed by atoms with Gasteiger partial charge in [-0.3, -0.25) is 4.79 Å². The minimum atomic E-state index is -0.670. The van der Waals surface area contributed by atoms with E-state index in [0.29, 0.717) is 17.3 Å². The van der Waals surface area contributed by atoms with Crippen molar-refractivity contribution < 1.29 is 4.79 Å². The number of benzene rings is 1. The average Bonchev–Trinajstić information content (AvgIpc) is 2.96. The van der Waals surface area contributed by atoms with Crippen LogP contribution in [-0.4, -0.2) is 31.7 Å². The van der Waals surface area contributed by atoms with Gasteiger partial charge in [-0.05, 0) is 42.8 Å². The number of halogens is 1. The molecule has 114 valence electrons. The van der Waals surface area contributed by atoms with Crippen LogP contribution in [0, 0.1) is 12.3 Å². The Kier molecular flexibility index (Phi) is 4.78. The van der Waals surface area contributed by atoms with Gasteiger partial charge >= 0.3 is 0 Å². The van der Waals surface area contributed by atoms with Crippen molar-refractivity contribution >= 4 is 17.5 Å². The van der Waals surface area contributed by atoms with Crippen molar-refractivity contribution in [3.05, 3.63) is 29.3 Å². The summed E-state index contributed by atoms with van der Waals surface area (Å²) in [6.07, 6.45) is 6.06. The number of aromatic nitrogens is 4. The Balaban J connectivity index is 2.05. The van der Waals surface area contributed by atoms with Crippen LogP contribution in [0.2, 0.25) is 5.02 Å². The first kappa shape index (κ1) is 16.0. The quantitative estimate of drug-likeness (QED) is 0.855. The van der Waals surface area contributed by atoms with Gasteiger partial charge in [0.15, 0.2) is 0 Å². The van der Waals surface area contributed by atoms with Crippen molar-refractivity contribution in [2.75, 3.05) is 0 Å². The van der Waals surface area contributed by atoms with Crippen LogP contribution >= 0.6 is 11.6 Å². The van der Waals surface area contributed by atoms with Gasteiger partial charge in [0, 0.05) is 10.6 Å².